The van der Waals surface area contributed by atoms with Gasteiger partial charge in [-0.05, 0) is 54.7 Å². The molecule has 1 amide bonds. The van der Waals surface area contributed by atoms with Crippen LogP contribution in [0, 0.1) is 17.8 Å². The standard InChI is InChI=1S/C14H16ClNO/c15-11-5-3-8(4-6-11)12-9-1-2-10(7-9)13(12)14(16)17/h3-6,9-10,12-13H,1-2,7H2,(H2,16,17)/t9-,10+,12+,13+/m0/s1. The van der Waals surface area contributed by atoms with Crippen molar-refractivity contribution in [3.8, 4) is 0 Å². The Labute approximate surface area is 106 Å². The van der Waals surface area contributed by atoms with Gasteiger partial charge in [0.2, 0.25) is 5.91 Å². The highest BCUT2D eigenvalue weighted by molar-refractivity contribution is 6.30. The zero-order valence-corrected chi connectivity index (χ0v) is 10.4. The third kappa shape index (κ3) is 1.75. The van der Waals surface area contributed by atoms with Crippen LogP contribution in [-0.2, 0) is 4.79 Å². The van der Waals surface area contributed by atoms with Gasteiger partial charge in [-0.2, -0.15) is 0 Å². The number of amides is 1. The molecule has 1 aromatic rings. The fourth-order valence-electron chi connectivity index (χ4n) is 3.87. The van der Waals surface area contributed by atoms with Crippen molar-refractivity contribution in [2.75, 3.05) is 0 Å². The molecule has 0 spiro atoms. The Bertz CT molecular complexity index is 442. The van der Waals surface area contributed by atoms with Gasteiger partial charge in [0.15, 0.2) is 0 Å². The number of halogens is 1. The molecule has 2 bridgehead atoms. The summed E-state index contributed by atoms with van der Waals surface area (Å²) in [5.74, 6) is 1.38. The van der Waals surface area contributed by atoms with E-state index in [0.29, 0.717) is 17.8 Å². The Hall–Kier alpha value is -1.02. The number of benzene rings is 1. The van der Waals surface area contributed by atoms with Crippen molar-refractivity contribution in [1.82, 2.24) is 0 Å². The minimum Gasteiger partial charge on any atom is -0.369 e. The quantitative estimate of drug-likeness (QED) is 0.860. The van der Waals surface area contributed by atoms with E-state index in [2.05, 4.69) is 0 Å². The molecule has 1 aromatic carbocycles. The fraction of sp³-hybridized carbons (Fsp3) is 0.500. The first kappa shape index (κ1) is 11.1. The van der Waals surface area contributed by atoms with Crippen molar-refractivity contribution >= 4 is 17.5 Å². The molecule has 3 rings (SSSR count). The molecule has 0 saturated heterocycles. The van der Waals surface area contributed by atoms with Crippen molar-refractivity contribution in [3.05, 3.63) is 34.9 Å². The van der Waals surface area contributed by atoms with Crippen molar-refractivity contribution in [2.24, 2.45) is 23.5 Å². The Morgan fingerprint density at radius 3 is 2.47 bits per heavy atom. The lowest BCUT2D eigenvalue weighted by Crippen LogP contribution is -2.33. The molecule has 4 atom stereocenters. The number of hydrogen-bond acceptors (Lipinski definition) is 1. The number of nitrogens with two attached hydrogens (primary N) is 1. The molecule has 0 radical (unpaired) electrons. The molecule has 0 aromatic heterocycles. The molecule has 2 nitrogen and oxygen atoms in total. The summed E-state index contributed by atoms with van der Waals surface area (Å²) >= 11 is 5.90. The highest BCUT2D eigenvalue weighted by atomic mass is 35.5. The first-order chi connectivity index (χ1) is 8.16. The molecule has 3 heteroatoms. The van der Waals surface area contributed by atoms with E-state index in [0.717, 1.165) is 5.02 Å². The maximum absolute atomic E-state index is 11.6. The number of carbonyl (C=O) groups excluding carboxylic acids is 1. The molecular weight excluding hydrogens is 234 g/mol. The number of carbonyl (C=O) groups is 1. The van der Waals surface area contributed by atoms with Crippen molar-refractivity contribution < 1.29 is 4.79 Å². The van der Waals surface area contributed by atoms with Crippen LogP contribution in [0.1, 0.15) is 30.7 Å². The molecule has 90 valence electrons. The van der Waals surface area contributed by atoms with Crippen LogP contribution in [0.3, 0.4) is 0 Å². The molecule has 2 aliphatic rings. The Morgan fingerprint density at radius 2 is 1.82 bits per heavy atom. The van der Waals surface area contributed by atoms with Crippen molar-refractivity contribution in [2.45, 2.75) is 25.2 Å². The Morgan fingerprint density at radius 1 is 1.18 bits per heavy atom. The van der Waals surface area contributed by atoms with Crippen LogP contribution in [0.25, 0.3) is 0 Å². The summed E-state index contributed by atoms with van der Waals surface area (Å²) in [4.78, 5) is 11.6. The molecular formula is C14H16ClNO. The first-order valence-electron chi connectivity index (χ1n) is 6.21. The van der Waals surface area contributed by atoms with E-state index in [9.17, 15) is 4.79 Å². The third-order valence-corrected chi connectivity index (χ3v) is 4.75. The topological polar surface area (TPSA) is 43.1 Å². The summed E-state index contributed by atoms with van der Waals surface area (Å²) in [7, 11) is 0. The van der Waals surface area contributed by atoms with Crippen LogP contribution in [0.2, 0.25) is 5.02 Å². The Balaban J connectivity index is 1.95. The van der Waals surface area contributed by atoms with E-state index in [1.807, 2.05) is 24.3 Å². The summed E-state index contributed by atoms with van der Waals surface area (Å²) in [5, 5.41) is 0.743. The van der Waals surface area contributed by atoms with Gasteiger partial charge < -0.3 is 5.73 Å². The van der Waals surface area contributed by atoms with E-state index in [-0.39, 0.29) is 11.8 Å². The fourth-order valence-corrected chi connectivity index (χ4v) is 3.99. The number of hydrogen-bond donors (Lipinski definition) is 1. The molecule has 0 heterocycles. The normalized spacial score (nSPS) is 35.1. The van der Waals surface area contributed by atoms with E-state index in [4.69, 9.17) is 17.3 Å². The lowest BCUT2D eigenvalue weighted by Gasteiger charge is -2.29. The van der Waals surface area contributed by atoms with Gasteiger partial charge in [-0.3, -0.25) is 4.79 Å². The maximum Gasteiger partial charge on any atom is 0.221 e. The van der Waals surface area contributed by atoms with Crippen LogP contribution < -0.4 is 5.73 Å². The first-order valence-corrected chi connectivity index (χ1v) is 6.59. The second-order valence-electron chi connectivity index (χ2n) is 5.34. The highest BCUT2D eigenvalue weighted by Gasteiger charge is 2.50. The van der Waals surface area contributed by atoms with Crippen LogP contribution in [0.15, 0.2) is 24.3 Å². The predicted octanol–water partition coefficient (Wildman–Crippen LogP) is 2.96. The van der Waals surface area contributed by atoms with Crippen molar-refractivity contribution in [1.29, 1.82) is 0 Å². The second kappa shape index (κ2) is 4.02. The summed E-state index contributed by atoms with van der Waals surface area (Å²) in [5.41, 5.74) is 6.80. The van der Waals surface area contributed by atoms with Gasteiger partial charge in [-0.15, -0.1) is 0 Å². The van der Waals surface area contributed by atoms with Crippen molar-refractivity contribution in [3.63, 3.8) is 0 Å². The highest BCUT2D eigenvalue weighted by Crippen LogP contribution is 2.56. The number of fused-ring (bicyclic) bond motifs is 2. The van der Waals surface area contributed by atoms with Crippen LogP contribution in [0.4, 0.5) is 0 Å². The number of rotatable bonds is 2. The van der Waals surface area contributed by atoms with E-state index >= 15 is 0 Å². The lowest BCUT2D eigenvalue weighted by molar-refractivity contribution is -0.123. The smallest absolute Gasteiger partial charge is 0.221 e. The summed E-state index contributed by atoms with van der Waals surface area (Å²) in [6, 6.07) is 7.90. The maximum atomic E-state index is 11.6. The van der Waals surface area contributed by atoms with E-state index in [1.54, 1.807) is 0 Å². The zero-order chi connectivity index (χ0) is 12.0. The molecule has 0 unspecified atom stereocenters. The summed E-state index contributed by atoms with van der Waals surface area (Å²) in [6.07, 6.45) is 3.57. The zero-order valence-electron chi connectivity index (χ0n) is 9.60. The second-order valence-corrected chi connectivity index (χ2v) is 5.78. The van der Waals surface area contributed by atoms with Gasteiger partial charge in [-0.1, -0.05) is 23.7 Å². The van der Waals surface area contributed by atoms with Crippen LogP contribution >= 0.6 is 11.6 Å². The predicted molar refractivity (Wildman–Crippen MR) is 67.7 cm³/mol. The van der Waals surface area contributed by atoms with E-state index < -0.39 is 0 Å². The molecule has 2 fully saturated rings. The molecule has 2 saturated carbocycles. The summed E-state index contributed by atoms with van der Waals surface area (Å²) < 4.78 is 0. The van der Waals surface area contributed by atoms with Gasteiger partial charge in [0.1, 0.15) is 0 Å². The van der Waals surface area contributed by atoms with Gasteiger partial charge in [-0.25, -0.2) is 0 Å². The SMILES string of the molecule is NC(=O)[C@@H]1[C@@H]2CC[C@@H](C2)[C@H]1c1ccc(Cl)cc1. The van der Waals surface area contributed by atoms with Crippen LogP contribution in [0.5, 0.6) is 0 Å². The minimum absolute atomic E-state index is 0.0370. The summed E-state index contributed by atoms with van der Waals surface area (Å²) in [6.45, 7) is 0. The molecule has 17 heavy (non-hydrogen) atoms. The lowest BCUT2D eigenvalue weighted by atomic mass is 9.75. The van der Waals surface area contributed by atoms with Gasteiger partial charge in [0.25, 0.3) is 0 Å². The van der Waals surface area contributed by atoms with Gasteiger partial charge in [0.05, 0.1) is 0 Å². The third-order valence-electron chi connectivity index (χ3n) is 4.50. The monoisotopic (exact) mass is 249 g/mol. The molecule has 2 aliphatic carbocycles. The van der Waals surface area contributed by atoms with Gasteiger partial charge in [0, 0.05) is 10.9 Å². The van der Waals surface area contributed by atoms with Gasteiger partial charge >= 0.3 is 0 Å². The minimum atomic E-state index is -0.128. The largest absolute Gasteiger partial charge is 0.369 e. The molecule has 0 aliphatic heterocycles. The molecule has 2 N–H and O–H groups in total. The number of primary amides is 1. The van der Waals surface area contributed by atoms with E-state index in [1.165, 1.54) is 24.8 Å². The average molecular weight is 250 g/mol. The average Bonchev–Trinajstić information content (AvgIpc) is 2.89. The Kier molecular flexibility index (Phi) is 2.62. The van der Waals surface area contributed by atoms with Crippen LogP contribution in [-0.4, -0.2) is 5.91 Å².